The van der Waals surface area contributed by atoms with Gasteiger partial charge in [0.15, 0.2) is 0 Å². The van der Waals surface area contributed by atoms with Crippen LogP contribution in [-0.2, 0) is 0 Å². The Morgan fingerprint density at radius 3 is 2.44 bits per heavy atom. The van der Waals surface area contributed by atoms with E-state index in [4.69, 9.17) is 0 Å². The van der Waals surface area contributed by atoms with E-state index in [2.05, 4.69) is 0 Å². The molecule has 3 nitrogen and oxygen atoms in total. The topological polar surface area (TPSA) is 43.7 Å². The van der Waals surface area contributed by atoms with Crippen molar-refractivity contribution in [1.82, 2.24) is 0 Å². The van der Waals surface area contributed by atoms with Gasteiger partial charge in [-0.3, -0.25) is 0 Å². The van der Waals surface area contributed by atoms with Gasteiger partial charge in [0.1, 0.15) is 5.82 Å². The maximum absolute atomic E-state index is 13.5. The van der Waals surface area contributed by atoms with Gasteiger partial charge in [-0.05, 0) is 26.0 Å². The lowest BCUT2D eigenvalue weighted by atomic mass is 10.1. The van der Waals surface area contributed by atoms with Crippen LogP contribution in [0.3, 0.4) is 0 Å². The van der Waals surface area contributed by atoms with E-state index in [1.54, 1.807) is 31.0 Å². The van der Waals surface area contributed by atoms with E-state index in [1.165, 1.54) is 13.0 Å². The van der Waals surface area contributed by atoms with Crippen molar-refractivity contribution in [1.29, 1.82) is 0 Å². The average molecular weight is 227 g/mol. The van der Waals surface area contributed by atoms with Crippen LogP contribution in [0.4, 0.5) is 10.1 Å². The molecule has 0 radical (unpaired) electrons. The highest BCUT2D eigenvalue weighted by Gasteiger charge is 2.16. The fraction of sp³-hybridized carbons (Fsp3) is 0.500. The third-order valence-corrected chi connectivity index (χ3v) is 2.40. The molecule has 1 aromatic rings. The summed E-state index contributed by atoms with van der Waals surface area (Å²) in [5, 5.41) is 18.8. The zero-order chi connectivity index (χ0) is 12.3. The van der Waals surface area contributed by atoms with Gasteiger partial charge in [-0.2, -0.15) is 0 Å². The summed E-state index contributed by atoms with van der Waals surface area (Å²) >= 11 is 0. The number of hydrogen-bond donors (Lipinski definition) is 2. The molecule has 2 N–H and O–H groups in total. The van der Waals surface area contributed by atoms with Gasteiger partial charge >= 0.3 is 0 Å². The normalized spacial score (nSPS) is 14.6. The van der Waals surface area contributed by atoms with Crippen LogP contribution in [0.2, 0.25) is 0 Å². The molecule has 0 aliphatic rings. The number of halogens is 1. The van der Waals surface area contributed by atoms with Gasteiger partial charge in [0.05, 0.1) is 12.2 Å². The van der Waals surface area contributed by atoms with E-state index in [0.717, 1.165) is 0 Å². The van der Waals surface area contributed by atoms with Crippen LogP contribution in [0.15, 0.2) is 18.2 Å². The zero-order valence-electron chi connectivity index (χ0n) is 9.81. The molecular formula is C12H18FNO2. The highest BCUT2D eigenvalue weighted by atomic mass is 19.1. The Labute approximate surface area is 95.1 Å². The number of aliphatic hydroxyl groups excluding tert-OH is 2. The van der Waals surface area contributed by atoms with Crippen molar-refractivity contribution in [2.24, 2.45) is 0 Å². The van der Waals surface area contributed by atoms with Gasteiger partial charge < -0.3 is 15.1 Å². The van der Waals surface area contributed by atoms with Crippen LogP contribution < -0.4 is 4.90 Å². The Bertz CT molecular complexity index is 353. The van der Waals surface area contributed by atoms with Gasteiger partial charge in [0.25, 0.3) is 0 Å². The minimum absolute atomic E-state index is 0.269. The predicted octanol–water partition coefficient (Wildman–Crippen LogP) is 1.70. The third kappa shape index (κ3) is 2.93. The lowest BCUT2D eigenvalue weighted by molar-refractivity contribution is 0.191. The second kappa shape index (κ2) is 5.27. The molecule has 4 heteroatoms. The van der Waals surface area contributed by atoms with Crippen LogP contribution >= 0.6 is 0 Å². The first-order chi connectivity index (χ1) is 7.43. The summed E-state index contributed by atoms with van der Waals surface area (Å²) in [6.45, 7) is 3.58. The fourth-order valence-electron chi connectivity index (χ4n) is 1.77. The second-order valence-corrected chi connectivity index (χ2v) is 4.08. The molecule has 0 saturated heterocycles. The number of hydrogen-bond acceptors (Lipinski definition) is 3. The largest absolute Gasteiger partial charge is 0.392 e. The molecule has 0 aromatic heterocycles. The molecular weight excluding hydrogens is 209 g/mol. The number of benzene rings is 1. The summed E-state index contributed by atoms with van der Waals surface area (Å²) < 4.78 is 13.5. The van der Waals surface area contributed by atoms with Crippen molar-refractivity contribution < 1.29 is 14.6 Å². The van der Waals surface area contributed by atoms with E-state index < -0.39 is 18.0 Å². The van der Waals surface area contributed by atoms with Crippen LogP contribution in [0.1, 0.15) is 25.5 Å². The standard InChI is InChI=1S/C12H18FNO2/c1-8(15)7-14(3)11-6-4-5-10(13)12(11)9(2)16/h4-6,8-9,15-16H,7H2,1-3H3/t8?,9-/m1/s1. The van der Waals surface area contributed by atoms with Crippen LogP contribution in [-0.4, -0.2) is 29.9 Å². The summed E-state index contributed by atoms with van der Waals surface area (Å²) in [6.07, 6.45) is -1.37. The first kappa shape index (κ1) is 12.9. The number of likely N-dealkylation sites (N-methyl/N-ethyl adjacent to an activating group) is 1. The van der Waals surface area contributed by atoms with Gasteiger partial charge in [-0.25, -0.2) is 4.39 Å². The van der Waals surface area contributed by atoms with Crippen molar-refractivity contribution in [3.63, 3.8) is 0 Å². The monoisotopic (exact) mass is 227 g/mol. The molecule has 0 aliphatic heterocycles. The molecule has 0 amide bonds. The smallest absolute Gasteiger partial charge is 0.131 e. The minimum Gasteiger partial charge on any atom is -0.392 e. The lowest BCUT2D eigenvalue weighted by Crippen LogP contribution is -2.28. The summed E-state index contributed by atoms with van der Waals surface area (Å²) in [5.41, 5.74) is 0.876. The van der Waals surface area contributed by atoms with E-state index in [1.807, 2.05) is 0 Å². The summed E-state index contributed by atoms with van der Waals surface area (Å²) in [4.78, 5) is 1.73. The maximum Gasteiger partial charge on any atom is 0.131 e. The minimum atomic E-state index is -0.868. The van der Waals surface area contributed by atoms with Crippen molar-refractivity contribution in [3.05, 3.63) is 29.6 Å². The molecule has 90 valence electrons. The molecule has 0 fully saturated rings. The van der Waals surface area contributed by atoms with Crippen molar-refractivity contribution in [2.45, 2.75) is 26.1 Å². The van der Waals surface area contributed by atoms with Gasteiger partial charge in [-0.15, -0.1) is 0 Å². The van der Waals surface area contributed by atoms with Crippen LogP contribution in [0.5, 0.6) is 0 Å². The zero-order valence-corrected chi connectivity index (χ0v) is 9.81. The Morgan fingerprint density at radius 2 is 1.94 bits per heavy atom. The van der Waals surface area contributed by atoms with Gasteiger partial charge in [0, 0.05) is 24.8 Å². The molecule has 0 aliphatic carbocycles. The molecule has 0 saturated carbocycles. The molecule has 1 unspecified atom stereocenters. The van der Waals surface area contributed by atoms with Crippen molar-refractivity contribution >= 4 is 5.69 Å². The molecule has 0 spiro atoms. The predicted molar refractivity (Wildman–Crippen MR) is 62.0 cm³/mol. The molecule has 2 atom stereocenters. The molecule has 16 heavy (non-hydrogen) atoms. The van der Waals surface area contributed by atoms with Crippen molar-refractivity contribution in [3.8, 4) is 0 Å². The Morgan fingerprint density at radius 1 is 1.31 bits per heavy atom. The molecule has 1 aromatic carbocycles. The van der Waals surface area contributed by atoms with Crippen LogP contribution in [0.25, 0.3) is 0 Å². The summed E-state index contributed by atoms with van der Waals surface area (Å²) in [5.74, 6) is -0.426. The quantitative estimate of drug-likeness (QED) is 0.822. The number of nitrogens with zero attached hydrogens (tertiary/aromatic N) is 1. The molecule has 1 rings (SSSR count). The number of aliphatic hydroxyl groups is 2. The van der Waals surface area contributed by atoms with E-state index >= 15 is 0 Å². The highest BCUT2D eigenvalue weighted by Crippen LogP contribution is 2.28. The van der Waals surface area contributed by atoms with E-state index in [9.17, 15) is 14.6 Å². The fourth-order valence-corrected chi connectivity index (χ4v) is 1.77. The Hall–Kier alpha value is -1.13. The van der Waals surface area contributed by atoms with Crippen LogP contribution in [0, 0.1) is 5.82 Å². The number of anilines is 1. The van der Waals surface area contributed by atoms with Crippen molar-refractivity contribution in [2.75, 3.05) is 18.5 Å². The first-order valence-corrected chi connectivity index (χ1v) is 5.29. The van der Waals surface area contributed by atoms with E-state index in [-0.39, 0.29) is 5.56 Å². The van der Waals surface area contributed by atoms with Gasteiger partial charge in [-0.1, -0.05) is 6.07 Å². The summed E-state index contributed by atoms with van der Waals surface area (Å²) in [6, 6.07) is 4.64. The average Bonchev–Trinajstić information content (AvgIpc) is 2.15. The Kier molecular flexibility index (Phi) is 4.26. The molecule has 0 bridgehead atoms. The SMILES string of the molecule is CC(O)CN(C)c1cccc(F)c1[C@@H](C)O. The number of rotatable bonds is 4. The van der Waals surface area contributed by atoms with Gasteiger partial charge in [0.2, 0.25) is 0 Å². The maximum atomic E-state index is 13.5. The third-order valence-electron chi connectivity index (χ3n) is 2.40. The second-order valence-electron chi connectivity index (χ2n) is 4.08. The first-order valence-electron chi connectivity index (χ1n) is 5.29. The van der Waals surface area contributed by atoms with E-state index in [0.29, 0.717) is 12.2 Å². The Balaban J connectivity index is 3.07. The lowest BCUT2D eigenvalue weighted by Gasteiger charge is -2.25. The summed E-state index contributed by atoms with van der Waals surface area (Å²) in [7, 11) is 1.76. The highest BCUT2D eigenvalue weighted by molar-refractivity contribution is 5.54. The molecule has 0 heterocycles.